The van der Waals surface area contributed by atoms with Crippen LogP contribution in [0.15, 0.2) is 61.1 Å². The maximum absolute atomic E-state index is 13.2. The van der Waals surface area contributed by atoms with Crippen molar-refractivity contribution in [2.24, 2.45) is 0 Å². The van der Waals surface area contributed by atoms with Gasteiger partial charge in [0.15, 0.2) is 0 Å². The molecule has 0 aliphatic heterocycles. The van der Waals surface area contributed by atoms with Crippen LogP contribution < -0.4 is 10.1 Å². The molecule has 0 saturated carbocycles. The topological polar surface area (TPSA) is 96.0 Å². The van der Waals surface area contributed by atoms with E-state index in [4.69, 9.17) is 4.74 Å². The van der Waals surface area contributed by atoms with Crippen LogP contribution in [0.2, 0.25) is 0 Å². The summed E-state index contributed by atoms with van der Waals surface area (Å²) in [6.07, 6.45) is 8.26. The summed E-state index contributed by atoms with van der Waals surface area (Å²) >= 11 is 0. The Balaban J connectivity index is 1.68. The van der Waals surface area contributed by atoms with Crippen LogP contribution in [0.3, 0.4) is 0 Å². The van der Waals surface area contributed by atoms with Gasteiger partial charge in [-0.3, -0.25) is 4.79 Å². The number of hydrogen-bond acceptors (Lipinski definition) is 6. The third kappa shape index (κ3) is 5.21. The molecule has 0 unspecified atom stereocenters. The van der Waals surface area contributed by atoms with Gasteiger partial charge in [-0.15, -0.1) is 0 Å². The largest absolute Gasteiger partial charge is 0.481 e. The molecule has 1 amide bonds. The molecular formula is C24H23FN6O2. The summed E-state index contributed by atoms with van der Waals surface area (Å²) in [5.74, 6) is -0.0977. The van der Waals surface area contributed by atoms with Gasteiger partial charge in [-0.05, 0) is 43.9 Å². The van der Waals surface area contributed by atoms with Crippen molar-refractivity contribution in [3.63, 3.8) is 0 Å². The van der Waals surface area contributed by atoms with Gasteiger partial charge in [0.1, 0.15) is 11.5 Å². The van der Waals surface area contributed by atoms with Crippen LogP contribution in [0.1, 0.15) is 0 Å². The van der Waals surface area contributed by atoms with Gasteiger partial charge in [0.25, 0.3) is 0 Å². The molecule has 4 aromatic heterocycles. The summed E-state index contributed by atoms with van der Waals surface area (Å²) in [5, 5.41) is 3.62. The summed E-state index contributed by atoms with van der Waals surface area (Å²) in [6.45, 7) is 0.651. The van der Waals surface area contributed by atoms with Gasteiger partial charge in [0.2, 0.25) is 17.7 Å². The van der Waals surface area contributed by atoms with E-state index in [0.717, 1.165) is 27.6 Å². The van der Waals surface area contributed by atoms with E-state index >= 15 is 0 Å². The van der Waals surface area contributed by atoms with Gasteiger partial charge >= 0.3 is 0 Å². The average molecular weight is 446 g/mol. The van der Waals surface area contributed by atoms with Gasteiger partial charge in [-0.2, -0.15) is 9.37 Å². The monoisotopic (exact) mass is 446 g/mol. The molecule has 0 radical (unpaired) electrons. The molecule has 4 aromatic rings. The Morgan fingerprint density at radius 3 is 2.70 bits per heavy atom. The second-order valence-electron chi connectivity index (χ2n) is 7.63. The number of hydrogen-bond donors (Lipinski definition) is 2. The standard InChI is InChI=1S/C24H23FN6O2/c1-31(2)8-4-5-22(32)29-21-10-16(11-23(30-21)33-3)17-9-18-19(14-28-24(18)27-13-17)15-6-7-20(25)26-12-15/h4-7,9-14H,8H2,1-3H3,(H,27,28)(H,29,30,32)/b5-4+. The molecule has 8 nitrogen and oxygen atoms in total. The molecule has 0 atom stereocenters. The molecule has 2 N–H and O–H groups in total. The second kappa shape index (κ2) is 9.58. The quantitative estimate of drug-likeness (QED) is 0.330. The predicted octanol–water partition coefficient (Wildman–Crippen LogP) is 3.89. The number of amides is 1. The van der Waals surface area contributed by atoms with E-state index in [1.165, 1.54) is 25.4 Å². The van der Waals surface area contributed by atoms with Crippen LogP contribution in [0.4, 0.5) is 10.2 Å². The van der Waals surface area contributed by atoms with E-state index in [1.807, 2.05) is 31.3 Å². The van der Waals surface area contributed by atoms with Gasteiger partial charge < -0.3 is 19.9 Å². The van der Waals surface area contributed by atoms with E-state index in [1.54, 1.807) is 30.5 Å². The average Bonchev–Trinajstić information content (AvgIpc) is 3.22. The van der Waals surface area contributed by atoms with Crippen molar-refractivity contribution in [3.8, 4) is 28.1 Å². The molecule has 0 spiro atoms. The molecule has 0 saturated heterocycles. The first-order valence-electron chi connectivity index (χ1n) is 10.2. The van der Waals surface area contributed by atoms with Gasteiger partial charge in [-0.1, -0.05) is 6.08 Å². The lowest BCUT2D eigenvalue weighted by Gasteiger charge is -2.09. The lowest BCUT2D eigenvalue weighted by atomic mass is 10.0. The molecule has 4 heterocycles. The van der Waals surface area contributed by atoms with E-state index < -0.39 is 5.95 Å². The van der Waals surface area contributed by atoms with Crippen molar-refractivity contribution in [2.45, 2.75) is 0 Å². The number of pyridine rings is 3. The Morgan fingerprint density at radius 2 is 1.97 bits per heavy atom. The SMILES string of the molecule is COc1cc(-c2cnc3[nH]cc(-c4ccc(F)nc4)c3c2)cc(NC(=O)/C=C/CN(C)C)n1. The van der Waals surface area contributed by atoms with Crippen LogP contribution in [0.5, 0.6) is 5.88 Å². The number of anilines is 1. The number of fused-ring (bicyclic) bond motifs is 1. The fraction of sp³-hybridized carbons (Fsp3) is 0.167. The van der Waals surface area contributed by atoms with Crippen LogP contribution in [-0.4, -0.2) is 58.5 Å². The number of aromatic amines is 1. The minimum absolute atomic E-state index is 0.283. The van der Waals surface area contributed by atoms with Gasteiger partial charge in [-0.25, -0.2) is 9.97 Å². The third-order valence-corrected chi connectivity index (χ3v) is 4.90. The number of nitrogens with zero attached hydrogens (tertiary/aromatic N) is 4. The smallest absolute Gasteiger partial charge is 0.249 e. The highest BCUT2D eigenvalue weighted by Gasteiger charge is 2.12. The number of rotatable bonds is 7. The van der Waals surface area contributed by atoms with Crippen molar-refractivity contribution in [3.05, 3.63) is 67.0 Å². The highest BCUT2D eigenvalue weighted by atomic mass is 19.1. The predicted molar refractivity (Wildman–Crippen MR) is 125 cm³/mol. The van der Waals surface area contributed by atoms with Crippen molar-refractivity contribution < 1.29 is 13.9 Å². The maximum Gasteiger partial charge on any atom is 0.249 e. The summed E-state index contributed by atoms with van der Waals surface area (Å²) in [6, 6.07) is 8.49. The lowest BCUT2D eigenvalue weighted by molar-refractivity contribution is -0.111. The maximum atomic E-state index is 13.2. The summed E-state index contributed by atoms with van der Waals surface area (Å²) in [5.41, 5.74) is 3.89. The minimum atomic E-state index is -0.535. The van der Waals surface area contributed by atoms with Gasteiger partial charge in [0.05, 0.1) is 7.11 Å². The van der Waals surface area contributed by atoms with Crippen molar-refractivity contribution in [1.82, 2.24) is 24.8 Å². The van der Waals surface area contributed by atoms with Crippen LogP contribution in [-0.2, 0) is 4.79 Å². The van der Waals surface area contributed by atoms with Crippen LogP contribution in [0, 0.1) is 5.95 Å². The molecule has 0 fully saturated rings. The summed E-state index contributed by atoms with van der Waals surface area (Å²) in [7, 11) is 5.36. The molecule has 0 aromatic carbocycles. The first-order chi connectivity index (χ1) is 15.9. The highest BCUT2D eigenvalue weighted by Crippen LogP contribution is 2.32. The Labute approximate surface area is 190 Å². The van der Waals surface area contributed by atoms with Gasteiger partial charge in [0, 0.05) is 59.4 Å². The first-order valence-corrected chi connectivity index (χ1v) is 10.2. The Morgan fingerprint density at radius 1 is 1.15 bits per heavy atom. The molecule has 0 aliphatic carbocycles. The molecule has 9 heteroatoms. The van der Waals surface area contributed by atoms with E-state index in [-0.39, 0.29) is 5.91 Å². The lowest BCUT2D eigenvalue weighted by Crippen LogP contribution is -2.13. The van der Waals surface area contributed by atoms with Crippen molar-refractivity contribution in [2.75, 3.05) is 33.1 Å². The zero-order valence-electron chi connectivity index (χ0n) is 18.5. The van der Waals surface area contributed by atoms with E-state index in [9.17, 15) is 9.18 Å². The number of likely N-dealkylation sites (N-methyl/N-ethyl adjacent to an activating group) is 1. The summed E-state index contributed by atoms with van der Waals surface area (Å²) in [4.78, 5) is 29.9. The first kappa shape index (κ1) is 22.1. The number of methoxy groups -OCH3 is 1. The Hall–Kier alpha value is -4.11. The number of nitrogens with one attached hydrogen (secondary N) is 2. The molecule has 0 bridgehead atoms. The van der Waals surface area contributed by atoms with Crippen LogP contribution >= 0.6 is 0 Å². The Kier molecular flexibility index (Phi) is 6.41. The number of halogens is 1. The number of ether oxygens (including phenoxy) is 1. The molecule has 33 heavy (non-hydrogen) atoms. The van der Waals surface area contributed by atoms with E-state index in [0.29, 0.717) is 23.9 Å². The minimum Gasteiger partial charge on any atom is -0.481 e. The highest BCUT2D eigenvalue weighted by molar-refractivity contribution is 5.99. The zero-order chi connectivity index (χ0) is 23.4. The van der Waals surface area contributed by atoms with Crippen LogP contribution in [0.25, 0.3) is 33.3 Å². The van der Waals surface area contributed by atoms with Crippen molar-refractivity contribution >= 4 is 22.8 Å². The zero-order valence-corrected chi connectivity index (χ0v) is 18.5. The Bertz CT molecular complexity index is 1310. The second-order valence-corrected chi connectivity index (χ2v) is 7.63. The number of aromatic nitrogens is 4. The number of carbonyl (C=O) groups excluding carboxylic acids is 1. The van der Waals surface area contributed by atoms with Crippen molar-refractivity contribution in [1.29, 1.82) is 0 Å². The number of carbonyl (C=O) groups is 1. The fourth-order valence-corrected chi connectivity index (χ4v) is 3.31. The molecule has 4 rings (SSSR count). The summed E-state index contributed by atoms with van der Waals surface area (Å²) < 4.78 is 18.6. The molecule has 0 aliphatic rings. The molecule has 168 valence electrons. The van der Waals surface area contributed by atoms with E-state index in [2.05, 4.69) is 25.3 Å². The molecular weight excluding hydrogens is 423 g/mol. The fourth-order valence-electron chi connectivity index (χ4n) is 3.31. The third-order valence-electron chi connectivity index (χ3n) is 4.90. The number of H-pyrrole nitrogens is 1. The normalized spacial score (nSPS) is 11.4.